The first-order valence-electron chi connectivity index (χ1n) is 13.2. The molecule has 2 fully saturated rings. The summed E-state index contributed by atoms with van der Waals surface area (Å²) in [4.78, 5) is 12.7. The molecule has 4 nitrogen and oxygen atoms in total. The molecule has 2 heterocycles. The molecule has 0 amide bonds. The van der Waals surface area contributed by atoms with Gasteiger partial charge in [0.15, 0.2) is 8.32 Å². The maximum atomic E-state index is 12.7. The monoisotopic (exact) mass is 588 g/mol. The number of carbonyl (C=O) groups is 1. The van der Waals surface area contributed by atoms with E-state index in [1.54, 1.807) is 0 Å². The van der Waals surface area contributed by atoms with E-state index >= 15 is 0 Å². The van der Waals surface area contributed by atoms with Crippen molar-refractivity contribution in [2.75, 3.05) is 0 Å². The summed E-state index contributed by atoms with van der Waals surface area (Å²) in [6.07, 6.45) is 4.39. The van der Waals surface area contributed by atoms with E-state index < -0.39 is 14.4 Å². The van der Waals surface area contributed by atoms with E-state index in [-0.39, 0.29) is 40.4 Å². The van der Waals surface area contributed by atoms with Crippen molar-refractivity contribution in [2.45, 2.75) is 134 Å². The molecular weight excluding hydrogens is 544 g/mol. The van der Waals surface area contributed by atoms with Crippen LogP contribution in [0.15, 0.2) is 11.1 Å². The van der Waals surface area contributed by atoms with E-state index in [2.05, 4.69) is 89.0 Å². The summed E-state index contributed by atoms with van der Waals surface area (Å²) in [6.45, 7) is 21.6. The molecule has 0 N–H and O–H groups in total. The Hall–Kier alpha value is -0.163. The summed E-state index contributed by atoms with van der Waals surface area (Å²) in [5.41, 5.74) is 0. The molecule has 0 aromatic rings. The quantitative estimate of drug-likeness (QED) is 0.120. The predicted molar refractivity (Wildman–Crippen MR) is 152 cm³/mol. The zero-order chi connectivity index (χ0) is 26.6. The molecule has 2 aliphatic heterocycles. The largest absolute Gasteiger partial charge is 0.401 e. The first kappa shape index (κ1) is 31.1. The first-order chi connectivity index (χ1) is 16.2. The summed E-state index contributed by atoms with van der Waals surface area (Å²) in [5.74, 6) is 6.53. The molecule has 0 aliphatic carbocycles. The summed E-state index contributed by atoms with van der Waals surface area (Å²) in [5, 5.41) is -0.112. The van der Waals surface area contributed by atoms with Gasteiger partial charge < -0.3 is 13.9 Å². The molecule has 2 saturated heterocycles. The maximum absolute atomic E-state index is 12.7. The van der Waals surface area contributed by atoms with Gasteiger partial charge in [0.05, 0.1) is 24.4 Å². The van der Waals surface area contributed by atoms with Gasteiger partial charge in [0, 0.05) is 11.8 Å². The Labute approximate surface area is 228 Å². The number of fused-ring (bicyclic) bond motifs is 1. The van der Waals surface area contributed by atoms with Gasteiger partial charge in [-0.05, 0) is 72.5 Å². The van der Waals surface area contributed by atoms with Crippen molar-refractivity contribution in [1.82, 2.24) is 0 Å². The van der Waals surface area contributed by atoms with Gasteiger partial charge in [0.25, 0.3) is 0 Å². The van der Waals surface area contributed by atoms with E-state index in [0.29, 0.717) is 31.3 Å². The topological polar surface area (TPSA) is 44.8 Å². The number of Topliss-reactive ketones (excluding diaryl/α,β-unsaturated/α-hetero) is 1. The smallest absolute Gasteiger partial charge is 0.205 e. The summed E-state index contributed by atoms with van der Waals surface area (Å²) >= 11 is 9.65. The van der Waals surface area contributed by atoms with Gasteiger partial charge in [-0.2, -0.15) is 0 Å². The number of halogens is 2. The van der Waals surface area contributed by atoms with E-state index in [1.807, 2.05) is 0 Å². The molecule has 7 heteroatoms. The highest BCUT2D eigenvalue weighted by Gasteiger charge is 2.49. The van der Waals surface area contributed by atoms with Gasteiger partial charge in [-0.3, -0.25) is 4.79 Å². The molecule has 35 heavy (non-hydrogen) atoms. The second-order valence-electron chi connectivity index (χ2n) is 11.9. The zero-order valence-electron chi connectivity index (χ0n) is 23.0. The number of carbonyl (C=O) groups excluding carboxylic acids is 1. The van der Waals surface area contributed by atoms with Crippen molar-refractivity contribution in [1.29, 1.82) is 0 Å². The third kappa shape index (κ3) is 8.69. The average molecular weight is 590 g/mol. The van der Waals surface area contributed by atoms with Crippen LogP contribution in [0, 0.1) is 23.7 Å². The fraction of sp³-hybridized carbons (Fsp3) is 0.821. The van der Waals surface area contributed by atoms with Crippen molar-refractivity contribution in [3.8, 4) is 11.8 Å². The molecule has 0 bridgehead atoms. The highest BCUT2D eigenvalue weighted by Crippen LogP contribution is 2.43. The van der Waals surface area contributed by atoms with E-state index in [4.69, 9.17) is 25.5 Å². The SMILES string of the molecule is C=C(Br)C[C@H](Cl)CCC(=O)C#C[C@H](O[Si](C)(C)C(C)(C)C)C1O[C@H]2CC[C@H](CC)O[C@@H]2[C@H](C)[C@@H]1C. The van der Waals surface area contributed by atoms with Crippen LogP contribution in [0.5, 0.6) is 0 Å². The Morgan fingerprint density at radius 2 is 1.89 bits per heavy atom. The van der Waals surface area contributed by atoms with Crippen molar-refractivity contribution in [2.24, 2.45) is 11.8 Å². The minimum atomic E-state index is -2.15. The van der Waals surface area contributed by atoms with Gasteiger partial charge in [-0.15, -0.1) is 11.6 Å². The van der Waals surface area contributed by atoms with Crippen LogP contribution in [0.2, 0.25) is 18.1 Å². The van der Waals surface area contributed by atoms with Crippen molar-refractivity contribution >= 4 is 41.6 Å². The van der Waals surface area contributed by atoms with Gasteiger partial charge in [-0.25, -0.2) is 0 Å². The standard InChI is InChI=1S/C28H46BrClO4Si/c1-10-23-14-16-24-26(32-23)19(3)20(4)27(33-24)25(34-35(8,9)28(5,6)7)15-13-22(31)12-11-21(30)17-18(2)29/h19-21,23-27H,2,10-12,14,16-17H2,1,3-9H3/t19-,20+,21-,23+,24+,25+,26-,27?/m1/s1. The van der Waals surface area contributed by atoms with E-state index in [9.17, 15) is 4.79 Å². The molecule has 0 saturated carbocycles. The molecular formula is C28H46BrClO4Si. The van der Waals surface area contributed by atoms with Crippen molar-refractivity contribution in [3.05, 3.63) is 11.1 Å². The number of hydrogen-bond acceptors (Lipinski definition) is 4. The Kier molecular flexibility index (Phi) is 11.6. The lowest BCUT2D eigenvalue weighted by molar-refractivity contribution is -0.236. The second kappa shape index (κ2) is 13.1. The summed E-state index contributed by atoms with van der Waals surface area (Å²) < 4.78 is 20.8. The van der Waals surface area contributed by atoms with Crippen LogP contribution < -0.4 is 0 Å². The van der Waals surface area contributed by atoms with Gasteiger partial charge in [-0.1, -0.05) is 70.0 Å². The Bertz CT molecular complexity index is 797. The molecule has 8 atom stereocenters. The lowest BCUT2D eigenvalue weighted by Gasteiger charge is -2.50. The number of alkyl halides is 1. The lowest BCUT2D eigenvalue weighted by atomic mass is 9.77. The van der Waals surface area contributed by atoms with Crippen LogP contribution >= 0.6 is 27.5 Å². The third-order valence-electron chi connectivity index (χ3n) is 8.15. The highest BCUT2D eigenvalue weighted by molar-refractivity contribution is 9.11. The van der Waals surface area contributed by atoms with Gasteiger partial charge in [0.1, 0.15) is 6.10 Å². The Morgan fingerprint density at radius 1 is 1.23 bits per heavy atom. The Balaban J connectivity index is 2.23. The van der Waals surface area contributed by atoms with E-state index in [0.717, 1.165) is 23.7 Å². The van der Waals surface area contributed by atoms with E-state index in [1.165, 1.54) is 0 Å². The van der Waals surface area contributed by atoms with Crippen LogP contribution in [-0.2, 0) is 18.7 Å². The van der Waals surface area contributed by atoms with Gasteiger partial charge in [0.2, 0.25) is 5.78 Å². The predicted octanol–water partition coefficient (Wildman–Crippen LogP) is 7.63. The third-order valence-corrected chi connectivity index (χ3v) is 13.3. The van der Waals surface area contributed by atoms with Crippen LogP contribution in [0.1, 0.15) is 80.1 Å². The van der Waals surface area contributed by atoms with Crippen LogP contribution in [0.25, 0.3) is 0 Å². The molecule has 2 rings (SSSR count). The molecule has 0 aromatic heterocycles. The fourth-order valence-electron chi connectivity index (χ4n) is 4.59. The summed E-state index contributed by atoms with van der Waals surface area (Å²) in [6, 6.07) is 0. The van der Waals surface area contributed by atoms with Crippen molar-refractivity contribution in [3.63, 3.8) is 0 Å². The normalized spacial score (nSPS) is 31.0. The molecule has 2 aliphatic rings. The van der Waals surface area contributed by atoms with Crippen LogP contribution in [0.3, 0.4) is 0 Å². The number of ether oxygens (including phenoxy) is 2. The summed E-state index contributed by atoms with van der Waals surface area (Å²) in [7, 11) is -2.15. The lowest BCUT2D eigenvalue weighted by Crippen LogP contribution is -2.58. The first-order valence-corrected chi connectivity index (χ1v) is 17.3. The van der Waals surface area contributed by atoms with Crippen LogP contribution in [0.4, 0.5) is 0 Å². The van der Waals surface area contributed by atoms with Gasteiger partial charge >= 0.3 is 0 Å². The minimum Gasteiger partial charge on any atom is -0.401 e. The fourth-order valence-corrected chi connectivity index (χ4v) is 6.64. The number of ketones is 1. The molecule has 0 radical (unpaired) electrons. The number of allylic oxidation sites excluding steroid dienone is 1. The number of rotatable bonds is 9. The molecule has 200 valence electrons. The molecule has 0 spiro atoms. The minimum absolute atomic E-state index is 0.0230. The maximum Gasteiger partial charge on any atom is 0.205 e. The number of hydrogen-bond donors (Lipinski definition) is 0. The Morgan fingerprint density at radius 3 is 2.46 bits per heavy atom. The molecule has 1 unspecified atom stereocenters. The average Bonchev–Trinajstić information content (AvgIpc) is 2.76. The zero-order valence-corrected chi connectivity index (χ0v) is 26.3. The highest BCUT2D eigenvalue weighted by atomic mass is 79.9. The molecule has 0 aromatic carbocycles. The van der Waals surface area contributed by atoms with Crippen molar-refractivity contribution < 1.29 is 18.7 Å². The van der Waals surface area contributed by atoms with Crippen LogP contribution in [-0.4, -0.2) is 50.0 Å². The second-order valence-corrected chi connectivity index (χ2v) is 18.4.